The fraction of sp³-hybridized carbons (Fsp3) is 0.0952. The summed E-state index contributed by atoms with van der Waals surface area (Å²) >= 11 is 0. The molecule has 5 heteroatoms. The number of nitrogens with zero attached hydrogens (tertiary/aromatic N) is 4. The van der Waals surface area contributed by atoms with Crippen LogP contribution in [0.4, 0.5) is 0 Å². The molecule has 2 aliphatic carbocycles. The van der Waals surface area contributed by atoms with Crippen molar-refractivity contribution in [3.63, 3.8) is 0 Å². The number of aromatic nitrogens is 4. The minimum Gasteiger partial charge on any atom is -0.456 e. The molecule has 0 N–H and O–H groups in total. The lowest BCUT2D eigenvalue weighted by Gasteiger charge is -2.22. The van der Waals surface area contributed by atoms with Crippen LogP contribution in [0.3, 0.4) is 0 Å². The van der Waals surface area contributed by atoms with Gasteiger partial charge in [0.1, 0.15) is 11.2 Å². The summed E-state index contributed by atoms with van der Waals surface area (Å²) in [7, 11) is 0. The van der Waals surface area contributed by atoms with Crippen LogP contribution in [-0.4, -0.2) is 19.5 Å². The van der Waals surface area contributed by atoms with Gasteiger partial charge in [0.25, 0.3) is 0 Å². The van der Waals surface area contributed by atoms with E-state index in [-0.39, 0.29) is 10.8 Å². The van der Waals surface area contributed by atoms with E-state index in [1.54, 1.807) is 0 Å². The molecule has 2 aliphatic rings. The first kappa shape index (κ1) is 38.8. The largest absolute Gasteiger partial charge is 0.456 e. The highest BCUT2D eigenvalue weighted by atomic mass is 16.3. The number of hydrogen-bond acceptors (Lipinski definition) is 4. The molecule has 12 aromatic rings. The zero-order chi connectivity index (χ0) is 45.5. The van der Waals surface area contributed by atoms with Crippen molar-refractivity contribution >= 4 is 43.7 Å². The van der Waals surface area contributed by atoms with Gasteiger partial charge >= 0.3 is 0 Å². The van der Waals surface area contributed by atoms with Crippen LogP contribution in [0.1, 0.15) is 49.9 Å². The highest BCUT2D eigenvalue weighted by Crippen LogP contribution is 2.51. The Morgan fingerprint density at radius 3 is 1.54 bits per heavy atom. The minimum absolute atomic E-state index is 0.177. The molecule has 0 bridgehead atoms. The summed E-state index contributed by atoms with van der Waals surface area (Å²) in [6.07, 6.45) is 0. The maximum Gasteiger partial charge on any atom is 0.164 e. The van der Waals surface area contributed by atoms with E-state index in [4.69, 9.17) is 19.4 Å². The molecule has 0 atom stereocenters. The molecule has 0 spiro atoms. The van der Waals surface area contributed by atoms with Gasteiger partial charge in [0.05, 0.1) is 11.0 Å². The van der Waals surface area contributed by atoms with Crippen LogP contribution in [-0.2, 0) is 10.8 Å². The van der Waals surface area contributed by atoms with Crippen molar-refractivity contribution in [1.29, 1.82) is 0 Å². The first-order valence-electron chi connectivity index (χ1n) is 23.5. The Morgan fingerprint density at radius 1 is 0.353 bits per heavy atom. The fourth-order valence-corrected chi connectivity index (χ4v) is 11.6. The van der Waals surface area contributed by atoms with Crippen LogP contribution in [0, 0.1) is 0 Å². The van der Waals surface area contributed by atoms with Gasteiger partial charge in [-0.3, -0.25) is 0 Å². The van der Waals surface area contributed by atoms with E-state index in [0.717, 1.165) is 55.4 Å². The zero-order valence-electron chi connectivity index (χ0n) is 38.2. The standard InChI is InChI=1S/C63H44N4O/c1-62(2)50-21-11-8-17-42(50)44-29-25-39(35-52(44)62)59-64-60(40-26-30-45-43-18-9-12-22-51(43)63(3,4)53(45)36-40)66-61(65-59)47-20-14-24-57-58(47)49-34-38(28-32-56(49)68-57)37-27-31-55-48(33-37)46-19-10-13-23-54(46)67(55)41-15-6-5-7-16-41/h5-36H,1-4H3. The predicted octanol–water partition coefficient (Wildman–Crippen LogP) is 16.1. The number of hydrogen-bond donors (Lipinski definition) is 0. The van der Waals surface area contributed by atoms with Crippen LogP contribution in [0.25, 0.3) is 117 Å². The molecule has 0 saturated heterocycles. The molecule has 3 aromatic heterocycles. The SMILES string of the molecule is CC1(C)c2ccccc2-c2ccc(-c3nc(-c4ccc5c(c4)C(C)(C)c4ccccc4-5)nc(-c4cccc5oc6ccc(-c7ccc8c(c7)c7ccccc7n8-c7ccccc7)cc6c45)n3)cc21. The lowest BCUT2D eigenvalue weighted by Crippen LogP contribution is -2.15. The summed E-state index contributed by atoms with van der Waals surface area (Å²) in [4.78, 5) is 16.1. The van der Waals surface area contributed by atoms with Gasteiger partial charge in [-0.05, 0) is 116 Å². The summed E-state index contributed by atoms with van der Waals surface area (Å²) < 4.78 is 9.01. The maximum atomic E-state index is 6.65. The second-order valence-electron chi connectivity index (χ2n) is 19.6. The predicted molar refractivity (Wildman–Crippen MR) is 278 cm³/mol. The Morgan fingerprint density at radius 2 is 0.868 bits per heavy atom. The monoisotopic (exact) mass is 872 g/mol. The van der Waals surface area contributed by atoms with E-state index in [2.05, 4.69) is 214 Å². The third kappa shape index (κ3) is 5.53. The molecule has 0 fully saturated rings. The van der Waals surface area contributed by atoms with Gasteiger partial charge < -0.3 is 8.98 Å². The molecule has 3 heterocycles. The first-order chi connectivity index (χ1) is 33.2. The minimum atomic E-state index is -0.177. The summed E-state index contributed by atoms with van der Waals surface area (Å²) in [5.41, 5.74) is 20.1. The lowest BCUT2D eigenvalue weighted by molar-refractivity contribution is 0.660. The molecule has 5 nitrogen and oxygen atoms in total. The second-order valence-corrected chi connectivity index (χ2v) is 19.6. The molecule has 0 unspecified atom stereocenters. The number of fused-ring (bicyclic) bond motifs is 12. The number of rotatable bonds is 5. The summed E-state index contributed by atoms with van der Waals surface area (Å²) in [6, 6.07) is 69.9. The average molecular weight is 873 g/mol. The van der Waals surface area contributed by atoms with Crippen molar-refractivity contribution in [2.45, 2.75) is 38.5 Å². The van der Waals surface area contributed by atoms with Crippen LogP contribution in [0.5, 0.6) is 0 Å². The average Bonchev–Trinajstić information content (AvgIpc) is 4.06. The van der Waals surface area contributed by atoms with Gasteiger partial charge in [-0.25, -0.2) is 15.0 Å². The van der Waals surface area contributed by atoms with Gasteiger partial charge in [-0.15, -0.1) is 0 Å². The summed E-state index contributed by atoms with van der Waals surface area (Å²) in [6.45, 7) is 9.26. The van der Waals surface area contributed by atoms with E-state index in [9.17, 15) is 0 Å². The van der Waals surface area contributed by atoms with Crippen LogP contribution in [0.2, 0.25) is 0 Å². The van der Waals surface area contributed by atoms with Crippen molar-refractivity contribution in [2.24, 2.45) is 0 Å². The number of benzene rings is 9. The first-order valence-corrected chi connectivity index (χ1v) is 23.5. The molecule has 322 valence electrons. The Labute approximate surface area is 394 Å². The normalized spacial score (nSPS) is 14.1. The number of para-hydroxylation sites is 2. The van der Waals surface area contributed by atoms with Crippen LogP contribution in [0.15, 0.2) is 199 Å². The van der Waals surface area contributed by atoms with Crippen molar-refractivity contribution < 1.29 is 4.42 Å². The quantitative estimate of drug-likeness (QED) is 0.173. The van der Waals surface area contributed by atoms with Crippen LogP contribution >= 0.6 is 0 Å². The second kappa shape index (κ2) is 14.1. The lowest BCUT2D eigenvalue weighted by atomic mass is 9.82. The van der Waals surface area contributed by atoms with Crippen molar-refractivity contribution in [2.75, 3.05) is 0 Å². The molecular weight excluding hydrogens is 829 g/mol. The van der Waals surface area contributed by atoms with E-state index < -0.39 is 0 Å². The maximum absolute atomic E-state index is 6.65. The van der Waals surface area contributed by atoms with E-state index in [1.807, 2.05) is 12.1 Å². The van der Waals surface area contributed by atoms with Crippen molar-refractivity contribution in [3.8, 4) is 73.2 Å². The molecule has 0 aliphatic heterocycles. The van der Waals surface area contributed by atoms with Crippen molar-refractivity contribution in [1.82, 2.24) is 19.5 Å². The molecule has 9 aromatic carbocycles. The zero-order valence-corrected chi connectivity index (χ0v) is 38.2. The Balaban J connectivity index is 0.952. The van der Waals surface area contributed by atoms with Crippen molar-refractivity contribution in [3.05, 3.63) is 216 Å². The summed E-state index contributed by atoms with van der Waals surface area (Å²) in [5.74, 6) is 1.87. The van der Waals surface area contributed by atoms with Gasteiger partial charge in [0.2, 0.25) is 0 Å². The van der Waals surface area contributed by atoms with Gasteiger partial charge in [-0.2, -0.15) is 0 Å². The van der Waals surface area contributed by atoms with E-state index in [0.29, 0.717) is 17.5 Å². The van der Waals surface area contributed by atoms with E-state index >= 15 is 0 Å². The Kier molecular flexibility index (Phi) is 8.02. The molecule has 0 radical (unpaired) electrons. The molecule has 0 amide bonds. The molecule has 0 saturated carbocycles. The third-order valence-corrected chi connectivity index (χ3v) is 15.1. The Hall–Kier alpha value is -8.41. The van der Waals surface area contributed by atoms with Crippen LogP contribution < -0.4 is 0 Å². The number of furan rings is 1. The van der Waals surface area contributed by atoms with E-state index in [1.165, 1.54) is 66.3 Å². The molecule has 68 heavy (non-hydrogen) atoms. The highest BCUT2D eigenvalue weighted by Gasteiger charge is 2.37. The fourth-order valence-electron chi connectivity index (χ4n) is 11.6. The highest BCUT2D eigenvalue weighted by molar-refractivity contribution is 6.14. The molecular formula is C63H44N4O. The Bertz CT molecular complexity index is 3970. The third-order valence-electron chi connectivity index (χ3n) is 15.1. The van der Waals surface area contributed by atoms with Gasteiger partial charge in [0.15, 0.2) is 17.5 Å². The van der Waals surface area contributed by atoms with Gasteiger partial charge in [0, 0.05) is 54.8 Å². The topological polar surface area (TPSA) is 56.7 Å². The smallest absolute Gasteiger partial charge is 0.164 e. The van der Waals surface area contributed by atoms with Gasteiger partial charge in [-0.1, -0.05) is 161 Å². The summed E-state index contributed by atoms with van der Waals surface area (Å²) in [5, 5.41) is 4.42. The molecule has 14 rings (SSSR count).